The van der Waals surface area contributed by atoms with Crippen LogP contribution < -0.4 is 5.73 Å². The highest BCUT2D eigenvalue weighted by atomic mass is 32.2. The zero-order valence-electron chi connectivity index (χ0n) is 10.8. The minimum atomic E-state index is -1.89. The van der Waals surface area contributed by atoms with Crippen molar-refractivity contribution in [2.75, 3.05) is 5.73 Å². The lowest BCUT2D eigenvalue weighted by Crippen LogP contribution is -2.10. The van der Waals surface area contributed by atoms with E-state index in [1.807, 2.05) is 6.92 Å². The van der Waals surface area contributed by atoms with Gasteiger partial charge in [-0.2, -0.15) is 5.10 Å². The van der Waals surface area contributed by atoms with Crippen LogP contribution in [0.3, 0.4) is 0 Å². The molecule has 2 rings (SSSR count). The molecule has 1 atom stereocenters. The number of hydrogen-bond donors (Lipinski definition) is 1. The van der Waals surface area contributed by atoms with E-state index in [1.165, 1.54) is 6.33 Å². The van der Waals surface area contributed by atoms with Crippen LogP contribution in [0.1, 0.15) is 19.2 Å². The van der Waals surface area contributed by atoms with Crippen LogP contribution in [0.2, 0.25) is 0 Å². The Morgan fingerprint density at radius 2 is 2.00 bits per heavy atom. The summed E-state index contributed by atoms with van der Waals surface area (Å²) in [5, 5.41) is 3.98. The van der Waals surface area contributed by atoms with E-state index >= 15 is 0 Å². The first-order valence-corrected chi connectivity index (χ1v) is 7.34. The molecule has 5 nitrogen and oxygen atoms in total. The number of aromatic nitrogens is 3. The quantitative estimate of drug-likeness (QED) is 0.855. The maximum absolute atomic E-state index is 13.7. The fraction of sp³-hybridized carbons (Fsp3) is 0.333. The Morgan fingerprint density at radius 1 is 1.35 bits per heavy atom. The van der Waals surface area contributed by atoms with Crippen molar-refractivity contribution < 1.29 is 13.0 Å². The Labute approximate surface area is 117 Å². The predicted molar refractivity (Wildman–Crippen MR) is 71.2 cm³/mol. The van der Waals surface area contributed by atoms with Gasteiger partial charge in [0.25, 0.3) is 0 Å². The zero-order chi connectivity index (χ0) is 14.7. The van der Waals surface area contributed by atoms with Gasteiger partial charge in [0.2, 0.25) is 0 Å². The minimum absolute atomic E-state index is 0.0464. The van der Waals surface area contributed by atoms with E-state index in [2.05, 4.69) is 10.1 Å². The first-order chi connectivity index (χ1) is 9.52. The molecule has 1 unspecified atom stereocenters. The van der Waals surface area contributed by atoms with Crippen molar-refractivity contribution in [3.63, 3.8) is 0 Å². The molecule has 0 aliphatic rings. The lowest BCUT2D eigenvalue weighted by Gasteiger charge is -2.07. The van der Waals surface area contributed by atoms with Crippen LogP contribution in [0.25, 0.3) is 0 Å². The van der Waals surface area contributed by atoms with E-state index in [4.69, 9.17) is 5.73 Å². The number of rotatable bonds is 5. The summed E-state index contributed by atoms with van der Waals surface area (Å²) < 4.78 is 41.1. The van der Waals surface area contributed by atoms with Crippen LogP contribution in [0.5, 0.6) is 0 Å². The number of nitrogens with two attached hydrogens (primary N) is 1. The summed E-state index contributed by atoms with van der Waals surface area (Å²) in [6, 6.07) is 1.90. The van der Waals surface area contributed by atoms with Crippen LogP contribution in [-0.4, -0.2) is 19.0 Å². The molecule has 2 N–H and O–H groups in total. The third-order valence-corrected chi connectivity index (χ3v) is 4.01. The Kier molecular flexibility index (Phi) is 4.43. The monoisotopic (exact) mass is 300 g/mol. The summed E-state index contributed by atoms with van der Waals surface area (Å²) in [7, 11) is -1.89. The maximum Gasteiger partial charge on any atom is 0.144 e. The standard InChI is InChI=1S/C12H14F2N4OS/c1-2-3-18-11(16-7-17-18)6-20(19)12-9(13)4-8(15)5-10(12)14/h4-5,7H,2-3,6,15H2,1H3. The number of nitrogens with zero attached hydrogens (tertiary/aromatic N) is 3. The largest absolute Gasteiger partial charge is 0.399 e. The van der Waals surface area contributed by atoms with Gasteiger partial charge in [0.15, 0.2) is 0 Å². The van der Waals surface area contributed by atoms with Crippen LogP contribution >= 0.6 is 0 Å². The number of nitrogen functional groups attached to an aromatic ring is 1. The lowest BCUT2D eigenvalue weighted by molar-refractivity contribution is 0.534. The highest BCUT2D eigenvalue weighted by Crippen LogP contribution is 2.22. The van der Waals surface area contributed by atoms with Gasteiger partial charge in [0.05, 0.1) is 16.6 Å². The molecular formula is C12H14F2N4OS. The smallest absolute Gasteiger partial charge is 0.144 e. The summed E-state index contributed by atoms with van der Waals surface area (Å²) >= 11 is 0. The van der Waals surface area contributed by atoms with Crippen LogP contribution in [0, 0.1) is 11.6 Å². The fourth-order valence-corrected chi connectivity index (χ4v) is 2.94. The Bertz CT molecular complexity index is 621. The highest BCUT2D eigenvalue weighted by Gasteiger charge is 2.19. The molecule has 0 bridgehead atoms. The van der Waals surface area contributed by atoms with Crippen molar-refractivity contribution in [2.24, 2.45) is 0 Å². The second-order valence-corrected chi connectivity index (χ2v) is 5.59. The van der Waals surface area contributed by atoms with Crippen molar-refractivity contribution in [2.45, 2.75) is 30.5 Å². The lowest BCUT2D eigenvalue weighted by atomic mass is 10.3. The molecular weight excluding hydrogens is 286 g/mol. The SMILES string of the molecule is CCCn1ncnc1CS(=O)c1c(F)cc(N)cc1F. The number of aryl methyl sites for hydroxylation is 1. The highest BCUT2D eigenvalue weighted by molar-refractivity contribution is 7.84. The Morgan fingerprint density at radius 3 is 2.60 bits per heavy atom. The molecule has 0 aliphatic carbocycles. The second-order valence-electron chi connectivity index (χ2n) is 4.20. The molecule has 0 spiro atoms. The summed E-state index contributed by atoms with van der Waals surface area (Å²) in [4.78, 5) is 3.49. The zero-order valence-corrected chi connectivity index (χ0v) is 11.7. The third kappa shape index (κ3) is 3.01. The number of anilines is 1. The molecule has 0 amide bonds. The molecule has 1 aromatic carbocycles. The van der Waals surface area contributed by atoms with Crippen molar-refractivity contribution in [1.82, 2.24) is 14.8 Å². The van der Waals surface area contributed by atoms with Crippen molar-refractivity contribution >= 4 is 16.5 Å². The molecule has 1 aromatic heterocycles. The van der Waals surface area contributed by atoms with Crippen molar-refractivity contribution in [3.05, 3.63) is 35.9 Å². The molecule has 0 fully saturated rings. The van der Waals surface area contributed by atoms with Gasteiger partial charge in [0, 0.05) is 12.2 Å². The number of benzene rings is 1. The molecule has 0 saturated heterocycles. The van der Waals surface area contributed by atoms with E-state index < -0.39 is 27.3 Å². The van der Waals surface area contributed by atoms with E-state index in [9.17, 15) is 13.0 Å². The fourth-order valence-electron chi connectivity index (χ4n) is 1.78. The maximum atomic E-state index is 13.7. The van der Waals surface area contributed by atoms with Gasteiger partial charge in [-0.3, -0.25) is 4.21 Å². The third-order valence-electron chi connectivity index (χ3n) is 2.64. The van der Waals surface area contributed by atoms with Gasteiger partial charge < -0.3 is 5.73 Å². The van der Waals surface area contributed by atoms with Gasteiger partial charge in [-0.15, -0.1) is 0 Å². The van der Waals surface area contributed by atoms with Crippen LogP contribution in [0.4, 0.5) is 14.5 Å². The van der Waals surface area contributed by atoms with Gasteiger partial charge in [0.1, 0.15) is 28.7 Å². The average Bonchev–Trinajstić information content (AvgIpc) is 2.75. The van der Waals surface area contributed by atoms with E-state index in [1.54, 1.807) is 4.68 Å². The first-order valence-electron chi connectivity index (χ1n) is 6.02. The average molecular weight is 300 g/mol. The molecule has 2 aromatic rings. The molecule has 20 heavy (non-hydrogen) atoms. The van der Waals surface area contributed by atoms with Gasteiger partial charge >= 0.3 is 0 Å². The second kappa shape index (κ2) is 6.08. The molecule has 8 heteroatoms. The summed E-state index contributed by atoms with van der Waals surface area (Å²) in [6.45, 7) is 2.57. The van der Waals surface area contributed by atoms with Gasteiger partial charge in [-0.25, -0.2) is 18.4 Å². The minimum Gasteiger partial charge on any atom is -0.399 e. The summed E-state index contributed by atoms with van der Waals surface area (Å²) in [5.74, 6) is -1.50. The molecule has 1 heterocycles. The summed E-state index contributed by atoms with van der Waals surface area (Å²) in [5.41, 5.74) is 5.28. The van der Waals surface area contributed by atoms with Crippen molar-refractivity contribution in [1.29, 1.82) is 0 Å². The normalized spacial score (nSPS) is 12.6. The topological polar surface area (TPSA) is 73.8 Å². The van der Waals surface area contributed by atoms with Gasteiger partial charge in [-0.1, -0.05) is 6.92 Å². The van der Waals surface area contributed by atoms with Crippen LogP contribution in [-0.2, 0) is 23.1 Å². The van der Waals surface area contributed by atoms with Crippen molar-refractivity contribution in [3.8, 4) is 0 Å². The van der Waals surface area contributed by atoms with E-state index in [0.29, 0.717) is 12.4 Å². The molecule has 0 saturated carbocycles. The van der Waals surface area contributed by atoms with E-state index in [-0.39, 0.29) is 11.4 Å². The number of halogens is 2. The first kappa shape index (κ1) is 14.6. The van der Waals surface area contributed by atoms with Crippen LogP contribution in [0.15, 0.2) is 23.4 Å². The summed E-state index contributed by atoms with van der Waals surface area (Å²) in [6.07, 6.45) is 2.16. The molecule has 0 aliphatic heterocycles. The Hall–Kier alpha value is -1.83. The molecule has 0 radical (unpaired) electrons. The predicted octanol–water partition coefficient (Wildman–Crippen LogP) is 1.86. The molecule has 108 valence electrons. The van der Waals surface area contributed by atoms with Gasteiger partial charge in [-0.05, 0) is 18.6 Å². The Balaban J connectivity index is 2.26. The van der Waals surface area contributed by atoms with E-state index in [0.717, 1.165) is 18.6 Å². The number of hydrogen-bond acceptors (Lipinski definition) is 4.